The molecule has 1 amide bonds. The number of hydroxylamine groups is 1. The molecule has 2 rings (SSSR count). The van der Waals surface area contributed by atoms with E-state index in [0.29, 0.717) is 6.42 Å². The minimum absolute atomic E-state index is 0.0323. The first-order chi connectivity index (χ1) is 7.68. The maximum absolute atomic E-state index is 11.7. The second-order valence-corrected chi connectivity index (χ2v) is 4.16. The third-order valence-electron chi connectivity index (χ3n) is 2.71. The zero-order valence-corrected chi connectivity index (χ0v) is 9.51. The van der Waals surface area contributed by atoms with Crippen molar-refractivity contribution in [1.29, 1.82) is 0 Å². The standard InChI is InChI=1S/C12H16N2O2/c1-14(2)12(15)10-8-11(16-13-10)9-6-4-3-5-7-9/h3-7,10-11,13H,8H2,1-2H3. The van der Waals surface area contributed by atoms with Crippen LogP contribution in [0.15, 0.2) is 30.3 Å². The molecule has 0 spiro atoms. The summed E-state index contributed by atoms with van der Waals surface area (Å²) in [6.07, 6.45) is 0.649. The molecule has 4 nitrogen and oxygen atoms in total. The van der Waals surface area contributed by atoms with E-state index in [4.69, 9.17) is 4.84 Å². The van der Waals surface area contributed by atoms with E-state index in [1.165, 1.54) is 0 Å². The highest BCUT2D eigenvalue weighted by Crippen LogP contribution is 2.27. The van der Waals surface area contributed by atoms with Gasteiger partial charge in [-0.25, -0.2) is 0 Å². The van der Waals surface area contributed by atoms with Gasteiger partial charge in [-0.05, 0) is 5.56 Å². The van der Waals surface area contributed by atoms with E-state index in [1.807, 2.05) is 30.3 Å². The van der Waals surface area contributed by atoms with Gasteiger partial charge in [0.25, 0.3) is 0 Å². The first-order valence-electron chi connectivity index (χ1n) is 5.36. The highest BCUT2D eigenvalue weighted by molar-refractivity contribution is 5.81. The third kappa shape index (κ3) is 2.23. The lowest BCUT2D eigenvalue weighted by Gasteiger charge is -2.14. The minimum atomic E-state index is -0.236. The molecule has 16 heavy (non-hydrogen) atoms. The van der Waals surface area contributed by atoms with Crippen molar-refractivity contribution in [3.63, 3.8) is 0 Å². The zero-order valence-electron chi connectivity index (χ0n) is 9.51. The van der Waals surface area contributed by atoms with Gasteiger partial charge in [0.2, 0.25) is 5.91 Å². The second kappa shape index (κ2) is 4.63. The van der Waals surface area contributed by atoms with Gasteiger partial charge in [0.1, 0.15) is 12.1 Å². The van der Waals surface area contributed by atoms with Gasteiger partial charge < -0.3 is 4.90 Å². The number of benzene rings is 1. The van der Waals surface area contributed by atoms with Crippen LogP contribution in [0.2, 0.25) is 0 Å². The molecule has 86 valence electrons. The van der Waals surface area contributed by atoms with Crippen LogP contribution >= 0.6 is 0 Å². The molecule has 1 heterocycles. The Labute approximate surface area is 95.2 Å². The highest BCUT2D eigenvalue weighted by Gasteiger charge is 2.32. The average Bonchev–Trinajstić information content (AvgIpc) is 2.78. The van der Waals surface area contributed by atoms with Gasteiger partial charge in [-0.2, -0.15) is 5.48 Å². The first-order valence-corrected chi connectivity index (χ1v) is 5.36. The van der Waals surface area contributed by atoms with Crippen LogP contribution in [-0.2, 0) is 9.63 Å². The van der Waals surface area contributed by atoms with E-state index < -0.39 is 0 Å². The molecule has 0 aromatic heterocycles. The summed E-state index contributed by atoms with van der Waals surface area (Å²) in [5, 5.41) is 0. The van der Waals surface area contributed by atoms with Gasteiger partial charge in [0.15, 0.2) is 0 Å². The topological polar surface area (TPSA) is 41.6 Å². The molecule has 0 bridgehead atoms. The van der Waals surface area contributed by atoms with Gasteiger partial charge in [0.05, 0.1) is 0 Å². The fourth-order valence-corrected chi connectivity index (χ4v) is 1.81. The number of nitrogens with one attached hydrogen (secondary N) is 1. The largest absolute Gasteiger partial charge is 0.347 e. The molecule has 1 aliphatic rings. The van der Waals surface area contributed by atoms with Crippen molar-refractivity contribution >= 4 is 5.91 Å². The number of amides is 1. The molecule has 1 aromatic rings. The maximum atomic E-state index is 11.7. The number of carbonyl (C=O) groups is 1. The van der Waals surface area contributed by atoms with Crippen LogP contribution in [0.25, 0.3) is 0 Å². The number of nitrogens with zero attached hydrogens (tertiary/aromatic N) is 1. The molecule has 2 atom stereocenters. The molecule has 2 unspecified atom stereocenters. The molecular weight excluding hydrogens is 204 g/mol. The van der Waals surface area contributed by atoms with Crippen LogP contribution in [-0.4, -0.2) is 30.9 Å². The summed E-state index contributed by atoms with van der Waals surface area (Å²) in [6, 6.07) is 9.69. The van der Waals surface area contributed by atoms with Crippen LogP contribution in [0.1, 0.15) is 18.1 Å². The average molecular weight is 220 g/mol. The van der Waals surface area contributed by atoms with E-state index in [1.54, 1.807) is 19.0 Å². The molecule has 0 aliphatic carbocycles. The zero-order chi connectivity index (χ0) is 11.5. The van der Waals surface area contributed by atoms with Crippen molar-refractivity contribution in [2.24, 2.45) is 0 Å². The molecule has 1 saturated heterocycles. The molecule has 0 radical (unpaired) electrons. The van der Waals surface area contributed by atoms with Gasteiger partial charge in [0, 0.05) is 20.5 Å². The van der Waals surface area contributed by atoms with E-state index in [2.05, 4.69) is 5.48 Å². The van der Waals surface area contributed by atoms with Gasteiger partial charge in [-0.1, -0.05) is 30.3 Å². The summed E-state index contributed by atoms with van der Waals surface area (Å²) in [5.41, 5.74) is 3.90. The first kappa shape index (κ1) is 11.1. The fraction of sp³-hybridized carbons (Fsp3) is 0.417. The van der Waals surface area contributed by atoms with Crippen molar-refractivity contribution < 1.29 is 9.63 Å². The predicted octanol–water partition coefficient (Wildman–Crippen LogP) is 1.11. The molecular formula is C12H16N2O2. The predicted molar refractivity (Wildman–Crippen MR) is 60.5 cm³/mol. The molecule has 1 aliphatic heterocycles. The Bertz CT molecular complexity index is 365. The fourth-order valence-electron chi connectivity index (χ4n) is 1.81. The molecule has 0 saturated carbocycles. The number of likely N-dealkylation sites (N-methyl/N-ethyl adjacent to an activating group) is 1. The summed E-state index contributed by atoms with van der Waals surface area (Å²) < 4.78 is 0. The second-order valence-electron chi connectivity index (χ2n) is 4.16. The molecule has 1 aromatic carbocycles. The Hall–Kier alpha value is -1.39. The Morgan fingerprint density at radius 2 is 2.06 bits per heavy atom. The van der Waals surface area contributed by atoms with Crippen LogP contribution < -0.4 is 5.48 Å². The maximum Gasteiger partial charge on any atom is 0.241 e. The van der Waals surface area contributed by atoms with Gasteiger partial charge in [-0.15, -0.1) is 0 Å². The van der Waals surface area contributed by atoms with Crippen molar-refractivity contribution in [1.82, 2.24) is 10.4 Å². The Kier molecular flexibility index (Phi) is 3.22. The van der Waals surface area contributed by atoms with E-state index >= 15 is 0 Å². The van der Waals surface area contributed by atoms with Crippen molar-refractivity contribution in [2.45, 2.75) is 18.6 Å². The number of carbonyl (C=O) groups excluding carboxylic acids is 1. The van der Waals surface area contributed by atoms with Crippen LogP contribution in [0.5, 0.6) is 0 Å². The smallest absolute Gasteiger partial charge is 0.241 e. The van der Waals surface area contributed by atoms with Crippen LogP contribution in [0.4, 0.5) is 0 Å². The number of hydrogen-bond acceptors (Lipinski definition) is 3. The Balaban J connectivity index is 2.01. The summed E-state index contributed by atoms with van der Waals surface area (Å²) in [5.74, 6) is 0.0541. The van der Waals surface area contributed by atoms with E-state index in [0.717, 1.165) is 5.56 Å². The number of rotatable bonds is 2. The summed E-state index contributed by atoms with van der Waals surface area (Å²) in [4.78, 5) is 18.7. The molecule has 1 fully saturated rings. The van der Waals surface area contributed by atoms with Gasteiger partial charge >= 0.3 is 0 Å². The van der Waals surface area contributed by atoms with Crippen LogP contribution in [0.3, 0.4) is 0 Å². The summed E-state index contributed by atoms with van der Waals surface area (Å²) >= 11 is 0. The minimum Gasteiger partial charge on any atom is -0.347 e. The Morgan fingerprint density at radius 3 is 2.69 bits per heavy atom. The lowest BCUT2D eigenvalue weighted by Crippen LogP contribution is -2.39. The third-order valence-corrected chi connectivity index (χ3v) is 2.71. The van der Waals surface area contributed by atoms with Crippen molar-refractivity contribution in [3.05, 3.63) is 35.9 Å². The molecule has 1 N–H and O–H groups in total. The van der Waals surface area contributed by atoms with Gasteiger partial charge in [-0.3, -0.25) is 9.63 Å². The Morgan fingerprint density at radius 1 is 1.38 bits per heavy atom. The van der Waals surface area contributed by atoms with Crippen LogP contribution in [0, 0.1) is 0 Å². The normalized spacial score (nSPS) is 24.4. The SMILES string of the molecule is CN(C)C(=O)C1CC(c2ccccc2)ON1. The molecule has 4 heteroatoms. The quantitative estimate of drug-likeness (QED) is 0.811. The summed E-state index contributed by atoms with van der Waals surface area (Å²) in [6.45, 7) is 0. The van der Waals surface area contributed by atoms with Crippen molar-refractivity contribution in [2.75, 3.05) is 14.1 Å². The lowest BCUT2D eigenvalue weighted by atomic mass is 10.0. The summed E-state index contributed by atoms with van der Waals surface area (Å²) in [7, 11) is 3.50. The monoisotopic (exact) mass is 220 g/mol. The van der Waals surface area contributed by atoms with E-state index in [9.17, 15) is 4.79 Å². The highest BCUT2D eigenvalue weighted by atomic mass is 16.7. The number of hydrogen-bond donors (Lipinski definition) is 1. The van der Waals surface area contributed by atoms with Crippen molar-refractivity contribution in [3.8, 4) is 0 Å². The lowest BCUT2D eigenvalue weighted by molar-refractivity contribution is -0.132. The van der Waals surface area contributed by atoms with E-state index in [-0.39, 0.29) is 18.1 Å².